The van der Waals surface area contributed by atoms with E-state index in [0.29, 0.717) is 6.54 Å². The van der Waals surface area contributed by atoms with Crippen LogP contribution in [0.1, 0.15) is 30.4 Å². The van der Waals surface area contributed by atoms with Gasteiger partial charge in [0.15, 0.2) is 0 Å². The van der Waals surface area contributed by atoms with E-state index in [2.05, 4.69) is 17.3 Å². The summed E-state index contributed by atoms with van der Waals surface area (Å²) in [6, 6.07) is 4.02. The third kappa shape index (κ3) is 3.20. The molecule has 0 saturated carbocycles. The van der Waals surface area contributed by atoms with Crippen LogP contribution in [0.4, 0.5) is 0 Å². The van der Waals surface area contributed by atoms with Gasteiger partial charge in [-0.05, 0) is 32.0 Å². The summed E-state index contributed by atoms with van der Waals surface area (Å²) in [7, 11) is 0. The zero-order valence-corrected chi connectivity index (χ0v) is 10.4. The average molecular weight is 233 g/mol. The van der Waals surface area contributed by atoms with Crippen LogP contribution in [0.2, 0.25) is 0 Å². The van der Waals surface area contributed by atoms with Crippen LogP contribution in [-0.4, -0.2) is 16.3 Å². The van der Waals surface area contributed by atoms with Crippen LogP contribution >= 0.6 is 0 Å². The van der Waals surface area contributed by atoms with Gasteiger partial charge in [0.2, 0.25) is 0 Å². The second-order valence-corrected chi connectivity index (χ2v) is 4.20. The van der Waals surface area contributed by atoms with Crippen LogP contribution in [0.15, 0.2) is 29.0 Å². The van der Waals surface area contributed by atoms with Crippen molar-refractivity contribution in [2.75, 3.05) is 6.54 Å². The highest BCUT2D eigenvalue weighted by Crippen LogP contribution is 2.12. The summed E-state index contributed by atoms with van der Waals surface area (Å²) in [4.78, 5) is 0. The van der Waals surface area contributed by atoms with Gasteiger partial charge in [0.05, 0.1) is 18.5 Å². The third-order valence-electron chi connectivity index (χ3n) is 2.66. The van der Waals surface area contributed by atoms with E-state index in [0.717, 1.165) is 31.0 Å². The smallest absolute Gasteiger partial charge is 0.129 e. The van der Waals surface area contributed by atoms with Gasteiger partial charge in [0.25, 0.3) is 0 Å². The van der Waals surface area contributed by atoms with Gasteiger partial charge in [-0.3, -0.25) is 4.68 Å². The fraction of sp³-hybridized carbons (Fsp3) is 0.462. The molecule has 0 fully saturated rings. The Kier molecular flexibility index (Phi) is 3.98. The summed E-state index contributed by atoms with van der Waals surface area (Å²) >= 11 is 0. The van der Waals surface area contributed by atoms with Crippen molar-refractivity contribution in [1.29, 1.82) is 0 Å². The number of nitrogens with zero attached hydrogens (tertiary/aromatic N) is 2. The molecule has 2 heterocycles. The highest BCUT2D eigenvalue weighted by molar-refractivity contribution is 5.17. The normalized spacial score (nSPS) is 10.9. The third-order valence-corrected chi connectivity index (χ3v) is 2.66. The van der Waals surface area contributed by atoms with Crippen LogP contribution in [-0.2, 0) is 13.1 Å². The monoisotopic (exact) mass is 233 g/mol. The Morgan fingerprint density at radius 3 is 3.00 bits per heavy atom. The van der Waals surface area contributed by atoms with Crippen molar-refractivity contribution in [2.24, 2.45) is 0 Å². The van der Waals surface area contributed by atoms with E-state index >= 15 is 0 Å². The minimum absolute atomic E-state index is 0.698. The molecule has 17 heavy (non-hydrogen) atoms. The molecule has 0 aliphatic rings. The van der Waals surface area contributed by atoms with Crippen molar-refractivity contribution < 1.29 is 4.42 Å². The molecule has 0 bridgehead atoms. The van der Waals surface area contributed by atoms with Crippen molar-refractivity contribution in [1.82, 2.24) is 15.1 Å². The molecule has 0 amide bonds. The SMILES string of the molecule is CCCNCc1ccoc1Cn1ccc(C)n1. The zero-order chi connectivity index (χ0) is 12.1. The lowest BCUT2D eigenvalue weighted by molar-refractivity contribution is 0.471. The molecule has 0 aliphatic heterocycles. The molecular weight excluding hydrogens is 214 g/mol. The summed E-state index contributed by atoms with van der Waals surface area (Å²) in [6.45, 7) is 6.74. The van der Waals surface area contributed by atoms with Crippen molar-refractivity contribution >= 4 is 0 Å². The van der Waals surface area contributed by atoms with Gasteiger partial charge in [-0.15, -0.1) is 0 Å². The Morgan fingerprint density at radius 2 is 2.29 bits per heavy atom. The fourth-order valence-electron chi connectivity index (χ4n) is 1.76. The van der Waals surface area contributed by atoms with Gasteiger partial charge in [0, 0.05) is 18.3 Å². The molecule has 2 rings (SSSR count). The van der Waals surface area contributed by atoms with Gasteiger partial charge in [0.1, 0.15) is 5.76 Å². The van der Waals surface area contributed by atoms with Gasteiger partial charge < -0.3 is 9.73 Å². The van der Waals surface area contributed by atoms with Gasteiger partial charge >= 0.3 is 0 Å². The van der Waals surface area contributed by atoms with Crippen LogP contribution in [0.5, 0.6) is 0 Å². The summed E-state index contributed by atoms with van der Waals surface area (Å²) in [6.07, 6.45) is 4.86. The number of nitrogens with one attached hydrogen (secondary N) is 1. The first-order chi connectivity index (χ1) is 8.29. The first-order valence-electron chi connectivity index (χ1n) is 6.05. The Bertz CT molecular complexity index is 459. The fourth-order valence-corrected chi connectivity index (χ4v) is 1.76. The van der Waals surface area contributed by atoms with E-state index in [4.69, 9.17) is 4.42 Å². The first-order valence-corrected chi connectivity index (χ1v) is 6.05. The first kappa shape index (κ1) is 11.9. The summed E-state index contributed by atoms with van der Waals surface area (Å²) in [5, 5.41) is 7.74. The topological polar surface area (TPSA) is 43.0 Å². The van der Waals surface area contributed by atoms with Crippen molar-refractivity contribution in [2.45, 2.75) is 33.4 Å². The molecule has 0 saturated heterocycles. The molecule has 0 aliphatic carbocycles. The van der Waals surface area contributed by atoms with Crippen LogP contribution in [0.3, 0.4) is 0 Å². The highest BCUT2D eigenvalue weighted by Gasteiger charge is 2.07. The van der Waals surface area contributed by atoms with E-state index in [-0.39, 0.29) is 0 Å². The summed E-state index contributed by atoms with van der Waals surface area (Å²) in [5.74, 6) is 0.983. The maximum absolute atomic E-state index is 5.51. The van der Waals surface area contributed by atoms with E-state index < -0.39 is 0 Å². The van der Waals surface area contributed by atoms with Gasteiger partial charge in [-0.25, -0.2) is 0 Å². The number of rotatable bonds is 6. The van der Waals surface area contributed by atoms with Crippen LogP contribution in [0, 0.1) is 6.92 Å². The molecule has 0 unspecified atom stereocenters. The number of furan rings is 1. The molecular formula is C13H19N3O. The number of hydrogen-bond donors (Lipinski definition) is 1. The number of aryl methyl sites for hydroxylation is 1. The molecule has 0 atom stereocenters. The lowest BCUT2D eigenvalue weighted by Crippen LogP contribution is -2.15. The molecule has 92 valence electrons. The number of hydrogen-bond acceptors (Lipinski definition) is 3. The Labute approximate surface area is 102 Å². The lowest BCUT2D eigenvalue weighted by Gasteiger charge is -2.04. The molecule has 0 spiro atoms. The molecule has 2 aromatic rings. The Morgan fingerprint density at radius 1 is 1.41 bits per heavy atom. The lowest BCUT2D eigenvalue weighted by atomic mass is 10.2. The standard InChI is InChI=1S/C13H19N3O/c1-3-6-14-9-12-5-8-17-13(12)10-16-7-4-11(2)15-16/h4-5,7-8,14H,3,6,9-10H2,1-2H3. The number of aromatic nitrogens is 2. The predicted octanol–water partition coefficient (Wildman–Crippen LogP) is 2.33. The maximum Gasteiger partial charge on any atom is 0.129 e. The highest BCUT2D eigenvalue weighted by atomic mass is 16.3. The van der Waals surface area contributed by atoms with Crippen molar-refractivity contribution in [3.05, 3.63) is 41.6 Å². The molecule has 4 nitrogen and oxygen atoms in total. The Hall–Kier alpha value is -1.55. The van der Waals surface area contributed by atoms with Crippen LogP contribution in [0.25, 0.3) is 0 Å². The molecule has 2 aromatic heterocycles. The minimum atomic E-state index is 0.698. The van der Waals surface area contributed by atoms with E-state index in [1.54, 1.807) is 6.26 Å². The second-order valence-electron chi connectivity index (χ2n) is 4.20. The zero-order valence-electron chi connectivity index (χ0n) is 10.4. The van der Waals surface area contributed by atoms with Gasteiger partial charge in [-0.1, -0.05) is 6.92 Å². The molecule has 4 heteroatoms. The quantitative estimate of drug-likeness (QED) is 0.779. The molecule has 1 N–H and O–H groups in total. The summed E-state index contributed by atoms with van der Waals surface area (Å²) in [5.41, 5.74) is 2.24. The minimum Gasteiger partial charge on any atom is -0.467 e. The largest absolute Gasteiger partial charge is 0.467 e. The predicted molar refractivity (Wildman–Crippen MR) is 66.8 cm³/mol. The van der Waals surface area contributed by atoms with Crippen molar-refractivity contribution in [3.63, 3.8) is 0 Å². The molecule has 0 radical (unpaired) electrons. The van der Waals surface area contributed by atoms with Gasteiger partial charge in [-0.2, -0.15) is 5.10 Å². The van der Waals surface area contributed by atoms with E-state index in [9.17, 15) is 0 Å². The summed E-state index contributed by atoms with van der Waals surface area (Å²) < 4.78 is 7.41. The van der Waals surface area contributed by atoms with E-state index in [1.807, 2.05) is 29.9 Å². The molecule has 0 aromatic carbocycles. The average Bonchev–Trinajstić information content (AvgIpc) is 2.90. The van der Waals surface area contributed by atoms with Crippen molar-refractivity contribution in [3.8, 4) is 0 Å². The maximum atomic E-state index is 5.51. The van der Waals surface area contributed by atoms with E-state index in [1.165, 1.54) is 5.56 Å². The Balaban J connectivity index is 1.98. The van der Waals surface area contributed by atoms with Crippen LogP contribution < -0.4 is 5.32 Å². The second kappa shape index (κ2) is 5.68.